The van der Waals surface area contributed by atoms with E-state index in [0.717, 1.165) is 60.4 Å². The normalized spacial score (nSPS) is 43.4. The van der Waals surface area contributed by atoms with Crippen molar-refractivity contribution in [2.75, 3.05) is 26.2 Å². The van der Waals surface area contributed by atoms with Crippen LogP contribution in [0, 0.1) is 40.4 Å². The average Bonchev–Trinajstić information content (AvgIpc) is 3.48. The molecule has 0 amide bonds. The summed E-state index contributed by atoms with van der Waals surface area (Å²) >= 11 is 1.56. The Morgan fingerprint density at radius 2 is 1.80 bits per heavy atom. The number of fused-ring (bicyclic) bond motifs is 1. The predicted molar refractivity (Wildman–Crippen MR) is 162 cm³/mol. The van der Waals surface area contributed by atoms with Crippen molar-refractivity contribution in [1.82, 2.24) is 4.90 Å². The molecule has 3 saturated carbocycles. The number of aliphatic hydroxyl groups is 4. The Morgan fingerprint density at radius 3 is 2.49 bits per heavy atom. The van der Waals surface area contributed by atoms with Crippen molar-refractivity contribution in [1.29, 1.82) is 0 Å². The summed E-state index contributed by atoms with van der Waals surface area (Å²) in [6, 6.07) is 4.00. The largest absolute Gasteiger partial charge is 0.394 e. The number of ketones is 1. The molecule has 0 aromatic carbocycles. The number of carbonyl (C=O) groups is 1. The number of Topliss-reactive ketones (excluding diaryl/α,β-unsaturated/α-hetero) is 1. The molecule has 41 heavy (non-hydrogen) atoms. The Morgan fingerprint density at radius 1 is 1.10 bits per heavy atom. The average molecular weight is 584 g/mol. The van der Waals surface area contributed by atoms with E-state index in [9.17, 15) is 25.2 Å². The van der Waals surface area contributed by atoms with Crippen LogP contribution < -0.4 is 0 Å². The Bertz CT molecular complexity index is 1260. The van der Waals surface area contributed by atoms with Gasteiger partial charge in [0.05, 0.1) is 29.3 Å². The van der Waals surface area contributed by atoms with E-state index in [-0.39, 0.29) is 41.2 Å². The molecule has 4 N–H and O–H groups in total. The highest BCUT2D eigenvalue weighted by molar-refractivity contribution is 7.14. The SMILES string of the molecule is CCCN(C[C@H](O)CO)C[C@]1(O)CC[C@H]2[C@]34C=C[C@@]5(C=C3C(=O)c3ccc(C)s3)CC(O)CC[C@]5(C)[C@H]4CC[C@@]21C. The number of thiophene rings is 1. The van der Waals surface area contributed by atoms with Crippen molar-refractivity contribution in [3.05, 3.63) is 45.7 Å². The van der Waals surface area contributed by atoms with E-state index < -0.39 is 22.5 Å². The molecule has 6 aliphatic rings. The molecule has 1 unspecified atom stereocenters. The van der Waals surface area contributed by atoms with Crippen LogP contribution in [-0.4, -0.2) is 75.2 Å². The van der Waals surface area contributed by atoms with Gasteiger partial charge in [-0.2, -0.15) is 0 Å². The lowest BCUT2D eigenvalue weighted by Gasteiger charge is -2.71. The molecule has 7 heteroatoms. The fraction of sp³-hybridized carbons (Fsp3) is 0.735. The highest BCUT2D eigenvalue weighted by Crippen LogP contribution is 2.78. The highest BCUT2D eigenvalue weighted by atomic mass is 32.1. The molecule has 226 valence electrons. The van der Waals surface area contributed by atoms with E-state index in [0.29, 0.717) is 25.9 Å². The van der Waals surface area contributed by atoms with E-state index in [1.165, 1.54) is 0 Å². The zero-order valence-electron chi connectivity index (χ0n) is 25.2. The lowest BCUT2D eigenvalue weighted by molar-refractivity contribution is -0.177. The topological polar surface area (TPSA) is 101 Å². The van der Waals surface area contributed by atoms with Gasteiger partial charge >= 0.3 is 0 Å². The smallest absolute Gasteiger partial charge is 0.199 e. The molecule has 6 aliphatic carbocycles. The molecule has 0 saturated heterocycles. The van der Waals surface area contributed by atoms with Crippen LogP contribution >= 0.6 is 11.3 Å². The number of hydrogen-bond donors (Lipinski definition) is 4. The van der Waals surface area contributed by atoms with Crippen molar-refractivity contribution in [2.45, 2.75) is 96.9 Å². The van der Waals surface area contributed by atoms with Crippen LogP contribution in [0.2, 0.25) is 0 Å². The summed E-state index contributed by atoms with van der Waals surface area (Å²) in [6.07, 6.45) is 12.5. The number of allylic oxidation sites excluding steroid dienone is 4. The Kier molecular flexibility index (Phi) is 7.32. The molecular weight excluding hydrogens is 534 g/mol. The molecule has 7 rings (SSSR count). The van der Waals surface area contributed by atoms with Crippen LogP contribution in [0.25, 0.3) is 0 Å². The molecule has 2 bridgehead atoms. The second-order valence-electron chi connectivity index (χ2n) is 14.6. The zero-order valence-corrected chi connectivity index (χ0v) is 26.1. The third-order valence-electron chi connectivity index (χ3n) is 12.6. The lowest BCUT2D eigenvalue weighted by atomic mass is 9.32. The quantitative estimate of drug-likeness (QED) is 0.244. The van der Waals surface area contributed by atoms with Gasteiger partial charge in [0.1, 0.15) is 0 Å². The van der Waals surface area contributed by atoms with Crippen LogP contribution in [0.4, 0.5) is 0 Å². The predicted octanol–water partition coefficient (Wildman–Crippen LogP) is 4.90. The van der Waals surface area contributed by atoms with E-state index in [1.807, 2.05) is 19.1 Å². The number of carbonyl (C=O) groups excluding carboxylic acids is 1. The van der Waals surface area contributed by atoms with Crippen molar-refractivity contribution >= 4 is 17.1 Å². The van der Waals surface area contributed by atoms with Crippen LogP contribution in [0.3, 0.4) is 0 Å². The Balaban J connectivity index is 1.45. The molecule has 6 nitrogen and oxygen atoms in total. The van der Waals surface area contributed by atoms with Crippen molar-refractivity contribution < 1.29 is 25.2 Å². The number of rotatable bonds is 9. The molecule has 1 aromatic heterocycles. The van der Waals surface area contributed by atoms with Gasteiger partial charge in [-0.05, 0) is 94.2 Å². The Hall–Kier alpha value is -1.35. The van der Waals surface area contributed by atoms with E-state index in [1.54, 1.807) is 11.3 Å². The van der Waals surface area contributed by atoms with Crippen LogP contribution in [0.1, 0.15) is 86.7 Å². The maximum atomic E-state index is 14.5. The first-order valence-electron chi connectivity index (χ1n) is 15.8. The summed E-state index contributed by atoms with van der Waals surface area (Å²) < 4.78 is 0. The molecule has 0 aliphatic heterocycles. The van der Waals surface area contributed by atoms with E-state index >= 15 is 0 Å². The maximum Gasteiger partial charge on any atom is 0.199 e. The standard InChI is InChI=1S/C34H49NO5S/c1-5-16-35(19-24(38)20-36)21-33(40)13-10-28-31(33,4)12-9-27-30(3)11-8-23(37)17-32(30)14-15-34(27,28)25(18-32)29(39)26-7-6-22(2)41-26/h6-7,14-15,18,23-24,27-28,36-38,40H,5,8-13,16-17,19-21H2,1-4H3/t23?,24-,27+,28+,30+,31-,32-,33+,34+/m0/s1. The van der Waals surface area contributed by atoms with E-state index in [4.69, 9.17) is 0 Å². The monoisotopic (exact) mass is 583 g/mol. The molecule has 1 aromatic rings. The van der Waals surface area contributed by atoms with Crippen LogP contribution in [0.5, 0.6) is 0 Å². The second kappa shape index (κ2) is 10.1. The molecule has 1 heterocycles. The number of aryl methyl sites for hydroxylation is 1. The van der Waals surface area contributed by atoms with E-state index in [2.05, 4.69) is 43.9 Å². The van der Waals surface area contributed by atoms with Crippen molar-refractivity contribution in [3.8, 4) is 0 Å². The van der Waals surface area contributed by atoms with Gasteiger partial charge in [-0.25, -0.2) is 0 Å². The lowest BCUT2D eigenvalue weighted by Crippen LogP contribution is -2.67. The third kappa shape index (κ3) is 4.09. The van der Waals surface area contributed by atoms with Crippen LogP contribution in [-0.2, 0) is 0 Å². The minimum absolute atomic E-state index is 0.0440. The first-order chi connectivity index (χ1) is 19.4. The van der Waals surface area contributed by atoms with Gasteiger partial charge in [-0.15, -0.1) is 11.3 Å². The fourth-order valence-electron chi connectivity index (χ4n) is 10.6. The van der Waals surface area contributed by atoms with Gasteiger partial charge in [0.2, 0.25) is 0 Å². The van der Waals surface area contributed by atoms with Gasteiger partial charge in [-0.1, -0.05) is 39.0 Å². The first-order valence-corrected chi connectivity index (χ1v) is 16.7. The number of nitrogens with zero attached hydrogens (tertiary/aromatic N) is 1. The highest BCUT2D eigenvalue weighted by Gasteiger charge is 2.74. The summed E-state index contributed by atoms with van der Waals surface area (Å²) in [7, 11) is 0. The molecule has 0 radical (unpaired) electrons. The van der Waals surface area contributed by atoms with Gasteiger partial charge < -0.3 is 20.4 Å². The molecule has 9 atom stereocenters. The molecular formula is C34H49NO5S. The number of aliphatic hydroxyl groups excluding tert-OH is 3. The summed E-state index contributed by atoms with van der Waals surface area (Å²) in [4.78, 5) is 18.5. The summed E-state index contributed by atoms with van der Waals surface area (Å²) in [6.45, 7) is 10.1. The van der Waals surface area contributed by atoms with Crippen LogP contribution in [0.15, 0.2) is 35.9 Å². The second-order valence-corrected chi connectivity index (χ2v) is 15.9. The van der Waals surface area contributed by atoms with Gasteiger partial charge in [0.25, 0.3) is 0 Å². The minimum Gasteiger partial charge on any atom is -0.394 e. The Labute approximate surface area is 249 Å². The molecule has 2 spiro atoms. The van der Waals surface area contributed by atoms with Gasteiger partial charge in [0.15, 0.2) is 5.78 Å². The molecule has 3 fully saturated rings. The van der Waals surface area contributed by atoms with Crippen molar-refractivity contribution in [2.24, 2.45) is 33.5 Å². The third-order valence-corrected chi connectivity index (χ3v) is 13.6. The maximum absolute atomic E-state index is 14.5. The van der Waals surface area contributed by atoms with Crippen molar-refractivity contribution in [3.63, 3.8) is 0 Å². The first kappa shape index (κ1) is 29.7. The summed E-state index contributed by atoms with van der Waals surface area (Å²) in [5.41, 5.74) is -1.28. The minimum atomic E-state index is -0.959. The summed E-state index contributed by atoms with van der Waals surface area (Å²) in [5, 5.41) is 43.2. The number of hydrogen-bond acceptors (Lipinski definition) is 7. The van der Waals surface area contributed by atoms with Gasteiger partial charge in [0, 0.05) is 39.8 Å². The summed E-state index contributed by atoms with van der Waals surface area (Å²) in [5.74, 6) is 0.512. The zero-order chi connectivity index (χ0) is 29.4. The van der Waals surface area contributed by atoms with Gasteiger partial charge in [-0.3, -0.25) is 9.69 Å². The fourth-order valence-corrected chi connectivity index (χ4v) is 11.4.